The van der Waals surface area contributed by atoms with Crippen LogP contribution in [0, 0.1) is 5.82 Å². The number of halogens is 1. The highest BCUT2D eigenvalue weighted by Gasteiger charge is 2.22. The molecule has 5 nitrogen and oxygen atoms in total. The van der Waals surface area contributed by atoms with Crippen LogP contribution in [0.3, 0.4) is 0 Å². The number of anilines is 1. The summed E-state index contributed by atoms with van der Waals surface area (Å²) < 4.78 is 15.8. The first-order valence-electron chi connectivity index (χ1n) is 9.61. The van der Waals surface area contributed by atoms with Crippen LogP contribution in [0.1, 0.15) is 38.1 Å². The van der Waals surface area contributed by atoms with E-state index in [-0.39, 0.29) is 11.7 Å². The van der Waals surface area contributed by atoms with Crippen LogP contribution in [-0.2, 0) is 6.54 Å². The average Bonchev–Trinajstić information content (AvgIpc) is 3.01. The Balaban J connectivity index is 1.81. The molecule has 27 heavy (non-hydrogen) atoms. The van der Waals surface area contributed by atoms with Gasteiger partial charge in [-0.25, -0.2) is 14.4 Å². The van der Waals surface area contributed by atoms with E-state index >= 15 is 0 Å². The molecule has 1 saturated heterocycles. The monoisotopic (exact) mass is 367 g/mol. The van der Waals surface area contributed by atoms with Gasteiger partial charge in [0, 0.05) is 37.8 Å². The van der Waals surface area contributed by atoms with Gasteiger partial charge < -0.3 is 14.8 Å². The molecule has 0 spiro atoms. The molecule has 1 N–H and O–H groups in total. The summed E-state index contributed by atoms with van der Waals surface area (Å²) in [5.41, 5.74) is 3.85. The number of pyridine rings is 1. The Morgan fingerprint density at radius 1 is 1.30 bits per heavy atom. The molecule has 1 aromatic carbocycles. The zero-order chi connectivity index (χ0) is 19.0. The lowest BCUT2D eigenvalue weighted by atomic mass is 10.2. The number of nitrogens with one attached hydrogen (secondary N) is 1. The first kappa shape index (κ1) is 17.9. The van der Waals surface area contributed by atoms with E-state index < -0.39 is 0 Å². The van der Waals surface area contributed by atoms with E-state index in [0.717, 1.165) is 47.9 Å². The molecule has 3 aromatic rings. The third-order valence-corrected chi connectivity index (χ3v) is 5.10. The third-order valence-electron chi connectivity index (χ3n) is 5.10. The standard InChI is InChI=1S/C21H26FN5/c1-14(2)20-25-19-18(26-10-9-23-15(3)12-26)7-8-24-21(19)27(20)13-16-5-4-6-17(22)11-16/h4-8,11,14-15,23H,9-10,12-13H2,1-3H3. The maximum absolute atomic E-state index is 13.7. The zero-order valence-corrected chi connectivity index (χ0v) is 16.1. The minimum atomic E-state index is -0.216. The molecule has 4 rings (SSSR count). The van der Waals surface area contributed by atoms with Crippen LogP contribution < -0.4 is 10.2 Å². The second-order valence-corrected chi connectivity index (χ2v) is 7.64. The van der Waals surface area contributed by atoms with Gasteiger partial charge in [0.15, 0.2) is 5.65 Å². The first-order valence-corrected chi connectivity index (χ1v) is 9.61. The summed E-state index contributed by atoms with van der Waals surface area (Å²) in [6.07, 6.45) is 1.86. The van der Waals surface area contributed by atoms with Crippen LogP contribution in [0.15, 0.2) is 36.5 Å². The smallest absolute Gasteiger partial charge is 0.162 e. The molecule has 1 unspecified atom stereocenters. The second kappa shape index (κ2) is 7.27. The lowest BCUT2D eigenvalue weighted by molar-refractivity contribution is 0.485. The normalized spacial score (nSPS) is 17.8. The van der Waals surface area contributed by atoms with Gasteiger partial charge >= 0.3 is 0 Å². The van der Waals surface area contributed by atoms with E-state index in [1.54, 1.807) is 12.1 Å². The molecule has 2 aromatic heterocycles. The van der Waals surface area contributed by atoms with Crippen molar-refractivity contribution in [2.45, 2.75) is 39.3 Å². The van der Waals surface area contributed by atoms with Crippen LogP contribution in [0.2, 0.25) is 0 Å². The third kappa shape index (κ3) is 3.54. The van der Waals surface area contributed by atoms with Gasteiger partial charge in [0.25, 0.3) is 0 Å². The van der Waals surface area contributed by atoms with Gasteiger partial charge in [0.1, 0.15) is 17.2 Å². The van der Waals surface area contributed by atoms with E-state index in [9.17, 15) is 4.39 Å². The van der Waals surface area contributed by atoms with Crippen molar-refractivity contribution in [2.75, 3.05) is 24.5 Å². The molecule has 0 saturated carbocycles. The molecule has 1 fully saturated rings. The fourth-order valence-corrected chi connectivity index (χ4v) is 3.84. The summed E-state index contributed by atoms with van der Waals surface area (Å²) in [6, 6.07) is 9.25. The van der Waals surface area contributed by atoms with Crippen molar-refractivity contribution in [1.82, 2.24) is 19.9 Å². The fraction of sp³-hybridized carbons (Fsp3) is 0.429. The zero-order valence-electron chi connectivity index (χ0n) is 16.1. The van der Waals surface area contributed by atoms with Crippen molar-refractivity contribution < 1.29 is 4.39 Å². The Morgan fingerprint density at radius 2 is 2.15 bits per heavy atom. The number of aromatic nitrogens is 3. The van der Waals surface area contributed by atoms with Crippen molar-refractivity contribution in [3.05, 3.63) is 53.7 Å². The number of hydrogen-bond acceptors (Lipinski definition) is 4. The molecule has 1 aliphatic rings. The number of fused-ring (bicyclic) bond motifs is 1. The SMILES string of the molecule is CC1CN(c2ccnc3c2nc(C(C)C)n3Cc2cccc(F)c2)CCN1. The molecule has 3 heterocycles. The molecule has 0 bridgehead atoms. The average molecular weight is 367 g/mol. The Bertz CT molecular complexity index is 949. The number of hydrogen-bond donors (Lipinski definition) is 1. The second-order valence-electron chi connectivity index (χ2n) is 7.64. The number of nitrogens with zero attached hydrogens (tertiary/aromatic N) is 4. The maximum Gasteiger partial charge on any atom is 0.162 e. The summed E-state index contributed by atoms with van der Waals surface area (Å²) in [6.45, 7) is 9.91. The Morgan fingerprint density at radius 3 is 2.89 bits per heavy atom. The van der Waals surface area contributed by atoms with Crippen molar-refractivity contribution >= 4 is 16.9 Å². The van der Waals surface area contributed by atoms with Crippen LogP contribution in [0.4, 0.5) is 10.1 Å². The lowest BCUT2D eigenvalue weighted by Crippen LogP contribution is -2.49. The van der Waals surface area contributed by atoms with E-state index in [0.29, 0.717) is 12.6 Å². The van der Waals surface area contributed by atoms with Gasteiger partial charge in [-0.15, -0.1) is 0 Å². The molecular formula is C21H26FN5. The largest absolute Gasteiger partial charge is 0.367 e. The van der Waals surface area contributed by atoms with Crippen molar-refractivity contribution in [1.29, 1.82) is 0 Å². The van der Waals surface area contributed by atoms with Crippen LogP contribution in [0.5, 0.6) is 0 Å². The van der Waals surface area contributed by atoms with Crippen molar-refractivity contribution in [3.63, 3.8) is 0 Å². The van der Waals surface area contributed by atoms with Gasteiger partial charge in [0.2, 0.25) is 0 Å². The predicted molar refractivity (Wildman–Crippen MR) is 107 cm³/mol. The van der Waals surface area contributed by atoms with Crippen molar-refractivity contribution in [2.24, 2.45) is 0 Å². The van der Waals surface area contributed by atoms with Gasteiger partial charge in [-0.05, 0) is 30.7 Å². The van der Waals surface area contributed by atoms with E-state index in [1.807, 2.05) is 12.3 Å². The lowest BCUT2D eigenvalue weighted by Gasteiger charge is -2.33. The number of benzene rings is 1. The molecule has 0 aliphatic carbocycles. The highest BCUT2D eigenvalue weighted by molar-refractivity contribution is 5.86. The van der Waals surface area contributed by atoms with Gasteiger partial charge in [-0.2, -0.15) is 0 Å². The summed E-state index contributed by atoms with van der Waals surface area (Å²) >= 11 is 0. The summed E-state index contributed by atoms with van der Waals surface area (Å²) in [4.78, 5) is 12.0. The summed E-state index contributed by atoms with van der Waals surface area (Å²) in [5, 5.41) is 3.48. The molecule has 0 radical (unpaired) electrons. The van der Waals surface area contributed by atoms with Gasteiger partial charge in [-0.1, -0.05) is 26.0 Å². The van der Waals surface area contributed by atoms with Gasteiger partial charge in [0.05, 0.1) is 12.2 Å². The topological polar surface area (TPSA) is 46.0 Å². The van der Waals surface area contributed by atoms with Crippen LogP contribution in [0.25, 0.3) is 11.2 Å². The highest BCUT2D eigenvalue weighted by Crippen LogP contribution is 2.29. The Hall–Kier alpha value is -2.47. The Kier molecular flexibility index (Phi) is 4.83. The molecule has 1 aliphatic heterocycles. The highest BCUT2D eigenvalue weighted by atomic mass is 19.1. The predicted octanol–water partition coefficient (Wildman–Crippen LogP) is 3.54. The Labute approximate surface area is 159 Å². The summed E-state index contributed by atoms with van der Waals surface area (Å²) in [5.74, 6) is 1.02. The first-order chi connectivity index (χ1) is 13.0. The summed E-state index contributed by atoms with van der Waals surface area (Å²) in [7, 11) is 0. The number of imidazole rings is 1. The van der Waals surface area contributed by atoms with Crippen LogP contribution >= 0.6 is 0 Å². The van der Waals surface area contributed by atoms with E-state index in [1.165, 1.54) is 6.07 Å². The molecule has 1 atom stereocenters. The van der Waals surface area contributed by atoms with E-state index in [4.69, 9.17) is 4.98 Å². The van der Waals surface area contributed by atoms with Gasteiger partial charge in [-0.3, -0.25) is 0 Å². The molecule has 6 heteroatoms. The number of piperazine rings is 1. The quantitative estimate of drug-likeness (QED) is 0.766. The minimum Gasteiger partial charge on any atom is -0.367 e. The number of rotatable bonds is 4. The molecule has 0 amide bonds. The van der Waals surface area contributed by atoms with Crippen LogP contribution in [-0.4, -0.2) is 40.2 Å². The maximum atomic E-state index is 13.7. The molecular weight excluding hydrogens is 341 g/mol. The molecule has 142 valence electrons. The van der Waals surface area contributed by atoms with Crippen molar-refractivity contribution in [3.8, 4) is 0 Å². The van der Waals surface area contributed by atoms with E-state index in [2.05, 4.69) is 46.6 Å². The minimum absolute atomic E-state index is 0.216. The fourth-order valence-electron chi connectivity index (χ4n) is 3.84.